The Labute approximate surface area is 186 Å². The van der Waals surface area contributed by atoms with Crippen molar-refractivity contribution >= 4 is 17.9 Å². The Morgan fingerprint density at radius 2 is 2.03 bits per heavy atom. The number of rotatable bonds is 11. The number of ether oxygens (including phenoxy) is 1. The van der Waals surface area contributed by atoms with Crippen molar-refractivity contribution in [3.8, 4) is 17.1 Å². The van der Waals surface area contributed by atoms with Gasteiger partial charge in [-0.05, 0) is 37.1 Å². The summed E-state index contributed by atoms with van der Waals surface area (Å²) in [6.07, 6.45) is 4.45. The molecule has 2 heterocycles. The number of nitrogens with zero attached hydrogens (tertiary/aromatic N) is 3. The van der Waals surface area contributed by atoms with Gasteiger partial charge in [0.2, 0.25) is 0 Å². The van der Waals surface area contributed by atoms with Crippen LogP contribution < -0.4 is 21.1 Å². The maximum Gasteiger partial charge on any atom is 0.164 e. The summed E-state index contributed by atoms with van der Waals surface area (Å²) in [4.78, 5) is 13.8. The third-order valence-electron chi connectivity index (χ3n) is 4.98. The Morgan fingerprint density at radius 3 is 2.75 bits per heavy atom. The SMILES string of the molecule is N=Cc1c(NCc2ccccn2)nc(-c2cccc(OCC(O)CN)c2)nc1NC1CC1. The summed E-state index contributed by atoms with van der Waals surface area (Å²) >= 11 is 0. The topological polar surface area (TPSA) is 142 Å². The average molecular weight is 434 g/mol. The van der Waals surface area contributed by atoms with Crippen LogP contribution in [0.4, 0.5) is 11.6 Å². The molecule has 1 aliphatic rings. The Balaban J connectivity index is 1.64. The molecule has 4 rings (SSSR count). The zero-order chi connectivity index (χ0) is 22.3. The van der Waals surface area contributed by atoms with Gasteiger partial charge in [-0.15, -0.1) is 0 Å². The number of nitrogens with one attached hydrogen (secondary N) is 3. The minimum atomic E-state index is -0.724. The molecule has 0 saturated heterocycles. The number of pyridine rings is 1. The second-order valence-corrected chi connectivity index (χ2v) is 7.62. The van der Waals surface area contributed by atoms with Crippen LogP contribution in [0.3, 0.4) is 0 Å². The lowest BCUT2D eigenvalue weighted by molar-refractivity contribution is 0.114. The molecule has 9 nitrogen and oxygen atoms in total. The van der Waals surface area contributed by atoms with Gasteiger partial charge in [0, 0.05) is 30.6 Å². The molecule has 0 bridgehead atoms. The molecule has 166 valence electrons. The number of nitrogens with two attached hydrogens (primary N) is 1. The van der Waals surface area contributed by atoms with Crippen LogP contribution in [0.25, 0.3) is 11.4 Å². The molecular formula is C23H27N7O2. The standard InChI is InChI=1S/C23H27N7O2/c24-11-18(31)14-32-19-6-3-4-15(10-19)21-29-22(27-13-17-5-1-2-9-26-17)20(12-25)23(30-21)28-16-7-8-16/h1-6,9-10,12,16,18,25,31H,7-8,11,13-14,24H2,(H2,27,28,29,30). The number of aliphatic hydroxyl groups is 1. The van der Waals surface area contributed by atoms with E-state index < -0.39 is 6.10 Å². The summed E-state index contributed by atoms with van der Waals surface area (Å²) < 4.78 is 5.64. The minimum absolute atomic E-state index is 0.110. The highest BCUT2D eigenvalue weighted by Crippen LogP contribution is 2.31. The van der Waals surface area contributed by atoms with Gasteiger partial charge in [0.15, 0.2) is 5.82 Å². The van der Waals surface area contributed by atoms with Gasteiger partial charge in [0.1, 0.15) is 30.1 Å². The van der Waals surface area contributed by atoms with Crippen molar-refractivity contribution in [3.63, 3.8) is 0 Å². The zero-order valence-electron chi connectivity index (χ0n) is 17.7. The number of anilines is 2. The normalized spacial score (nSPS) is 13.9. The van der Waals surface area contributed by atoms with E-state index in [1.54, 1.807) is 6.20 Å². The molecule has 1 atom stereocenters. The maximum absolute atomic E-state index is 9.66. The lowest BCUT2D eigenvalue weighted by Crippen LogP contribution is -2.26. The number of aromatic nitrogens is 3. The fourth-order valence-corrected chi connectivity index (χ4v) is 3.06. The molecule has 1 unspecified atom stereocenters. The largest absolute Gasteiger partial charge is 0.491 e. The molecule has 1 saturated carbocycles. The molecule has 1 aromatic carbocycles. The van der Waals surface area contributed by atoms with E-state index in [4.69, 9.17) is 25.8 Å². The number of benzene rings is 1. The third kappa shape index (κ3) is 5.57. The molecule has 32 heavy (non-hydrogen) atoms. The predicted molar refractivity (Wildman–Crippen MR) is 124 cm³/mol. The Bertz CT molecular complexity index is 1060. The Hall–Kier alpha value is -3.56. The van der Waals surface area contributed by atoms with Crippen LogP contribution in [0.2, 0.25) is 0 Å². The molecule has 0 spiro atoms. The van der Waals surface area contributed by atoms with Crippen molar-refractivity contribution in [3.05, 3.63) is 59.9 Å². The molecule has 0 aliphatic heterocycles. The fourth-order valence-electron chi connectivity index (χ4n) is 3.06. The smallest absolute Gasteiger partial charge is 0.164 e. The van der Waals surface area contributed by atoms with Crippen LogP contribution in [0.1, 0.15) is 24.1 Å². The lowest BCUT2D eigenvalue weighted by Gasteiger charge is -2.16. The molecule has 1 aliphatic carbocycles. The van der Waals surface area contributed by atoms with Crippen molar-refractivity contribution in [2.24, 2.45) is 5.73 Å². The van der Waals surface area contributed by atoms with Crippen molar-refractivity contribution in [2.75, 3.05) is 23.8 Å². The summed E-state index contributed by atoms with van der Waals surface area (Å²) in [6, 6.07) is 13.5. The quantitative estimate of drug-likeness (QED) is 0.290. The number of hydrogen-bond donors (Lipinski definition) is 5. The third-order valence-corrected chi connectivity index (χ3v) is 4.98. The number of hydrogen-bond acceptors (Lipinski definition) is 9. The van der Waals surface area contributed by atoms with Crippen LogP contribution in [0.5, 0.6) is 5.75 Å². The van der Waals surface area contributed by atoms with Gasteiger partial charge in [-0.2, -0.15) is 0 Å². The van der Waals surface area contributed by atoms with Crippen LogP contribution in [-0.4, -0.2) is 51.6 Å². The van der Waals surface area contributed by atoms with E-state index >= 15 is 0 Å². The van der Waals surface area contributed by atoms with E-state index in [0.29, 0.717) is 41.4 Å². The van der Waals surface area contributed by atoms with E-state index in [1.165, 1.54) is 6.21 Å². The van der Waals surface area contributed by atoms with Crippen molar-refractivity contribution in [1.29, 1.82) is 5.41 Å². The molecule has 1 fully saturated rings. The highest BCUT2D eigenvalue weighted by atomic mass is 16.5. The van der Waals surface area contributed by atoms with Gasteiger partial charge in [0.25, 0.3) is 0 Å². The maximum atomic E-state index is 9.66. The highest BCUT2D eigenvalue weighted by Gasteiger charge is 2.24. The van der Waals surface area contributed by atoms with Gasteiger partial charge in [-0.25, -0.2) is 9.97 Å². The van der Waals surface area contributed by atoms with Crippen LogP contribution >= 0.6 is 0 Å². The zero-order valence-corrected chi connectivity index (χ0v) is 17.7. The first kappa shape index (κ1) is 21.7. The van der Waals surface area contributed by atoms with Gasteiger partial charge in [0.05, 0.1) is 17.8 Å². The van der Waals surface area contributed by atoms with Crippen molar-refractivity contribution < 1.29 is 9.84 Å². The minimum Gasteiger partial charge on any atom is -0.491 e. The second kappa shape index (κ2) is 10.2. The van der Waals surface area contributed by atoms with E-state index in [1.807, 2.05) is 42.5 Å². The summed E-state index contributed by atoms with van der Waals surface area (Å²) in [6.45, 7) is 0.718. The average Bonchev–Trinajstić information content (AvgIpc) is 3.65. The van der Waals surface area contributed by atoms with E-state index in [0.717, 1.165) is 24.1 Å². The summed E-state index contributed by atoms with van der Waals surface area (Å²) in [7, 11) is 0. The molecular weight excluding hydrogens is 406 g/mol. The second-order valence-electron chi connectivity index (χ2n) is 7.62. The molecule has 6 N–H and O–H groups in total. The fraction of sp³-hybridized carbons (Fsp3) is 0.304. The van der Waals surface area contributed by atoms with Crippen molar-refractivity contribution in [1.82, 2.24) is 15.0 Å². The molecule has 2 aromatic heterocycles. The highest BCUT2D eigenvalue weighted by molar-refractivity contribution is 5.91. The Morgan fingerprint density at radius 1 is 1.19 bits per heavy atom. The lowest BCUT2D eigenvalue weighted by atomic mass is 10.2. The predicted octanol–water partition coefficient (Wildman–Crippen LogP) is 2.42. The van der Waals surface area contributed by atoms with Crippen LogP contribution in [-0.2, 0) is 6.54 Å². The molecule has 0 radical (unpaired) electrons. The first-order valence-corrected chi connectivity index (χ1v) is 10.6. The molecule has 3 aromatic rings. The summed E-state index contributed by atoms with van der Waals surface area (Å²) in [5.41, 5.74) is 7.69. The van der Waals surface area contributed by atoms with Crippen LogP contribution in [0.15, 0.2) is 48.7 Å². The van der Waals surface area contributed by atoms with Gasteiger partial charge in [-0.3, -0.25) is 4.98 Å². The van der Waals surface area contributed by atoms with E-state index in [-0.39, 0.29) is 13.2 Å². The number of aliphatic hydroxyl groups excluding tert-OH is 1. The molecule has 0 amide bonds. The van der Waals surface area contributed by atoms with Gasteiger partial charge < -0.3 is 31.6 Å². The first-order valence-electron chi connectivity index (χ1n) is 10.6. The van der Waals surface area contributed by atoms with Gasteiger partial charge >= 0.3 is 0 Å². The van der Waals surface area contributed by atoms with E-state index in [9.17, 15) is 5.11 Å². The van der Waals surface area contributed by atoms with E-state index in [2.05, 4.69) is 15.6 Å². The van der Waals surface area contributed by atoms with Crippen molar-refractivity contribution in [2.45, 2.75) is 31.5 Å². The van der Waals surface area contributed by atoms with Gasteiger partial charge in [-0.1, -0.05) is 18.2 Å². The molecule has 9 heteroatoms. The summed E-state index contributed by atoms with van der Waals surface area (Å²) in [5, 5.41) is 24.3. The first-order chi connectivity index (χ1) is 15.7. The monoisotopic (exact) mass is 433 g/mol. The van der Waals surface area contributed by atoms with Crippen LogP contribution in [0, 0.1) is 5.41 Å². The summed E-state index contributed by atoms with van der Waals surface area (Å²) in [5.74, 6) is 2.28. The Kier molecular flexibility index (Phi) is 6.88.